The molecule has 0 saturated carbocycles. The normalized spacial score (nSPS) is 18.8. The topological polar surface area (TPSA) is 59.0 Å². The second kappa shape index (κ2) is 5.88. The van der Waals surface area contributed by atoms with Crippen LogP contribution in [0.5, 0.6) is 0 Å². The van der Waals surface area contributed by atoms with Crippen LogP contribution in [0.25, 0.3) is 5.69 Å². The predicted octanol–water partition coefficient (Wildman–Crippen LogP) is 1.24. The van der Waals surface area contributed by atoms with Crippen LogP contribution in [0.3, 0.4) is 0 Å². The van der Waals surface area contributed by atoms with Gasteiger partial charge in [0.25, 0.3) is 0 Å². The smallest absolute Gasteiger partial charge is 0.237 e. The summed E-state index contributed by atoms with van der Waals surface area (Å²) in [6.07, 6.45) is 3.86. The largest absolute Gasteiger partial charge is 0.355 e. The first-order valence-corrected chi connectivity index (χ1v) is 6.94. The third kappa shape index (κ3) is 2.88. The quantitative estimate of drug-likeness (QED) is 0.879. The Morgan fingerprint density at radius 3 is 2.95 bits per heavy atom. The summed E-state index contributed by atoms with van der Waals surface area (Å²) in [5.74, 6) is 0.0961. The molecule has 0 aliphatic carbocycles. The lowest BCUT2D eigenvalue weighted by molar-refractivity contribution is -0.124. The van der Waals surface area contributed by atoms with Gasteiger partial charge < -0.3 is 10.6 Å². The zero-order valence-corrected chi connectivity index (χ0v) is 11.2. The van der Waals surface area contributed by atoms with E-state index in [0.717, 1.165) is 30.8 Å². The summed E-state index contributed by atoms with van der Waals surface area (Å²) in [4.78, 5) is 11.6. The van der Waals surface area contributed by atoms with E-state index >= 15 is 0 Å². The van der Waals surface area contributed by atoms with Crippen molar-refractivity contribution in [1.29, 1.82) is 0 Å². The Morgan fingerprint density at radius 2 is 2.15 bits per heavy atom. The van der Waals surface area contributed by atoms with Crippen molar-refractivity contribution in [2.24, 2.45) is 0 Å². The van der Waals surface area contributed by atoms with E-state index in [4.69, 9.17) is 0 Å². The fraction of sp³-hybridized carbons (Fsp3) is 0.333. The lowest BCUT2D eigenvalue weighted by atomic mass is 10.1. The van der Waals surface area contributed by atoms with Gasteiger partial charge in [0.2, 0.25) is 5.91 Å². The van der Waals surface area contributed by atoms with Crippen LogP contribution in [-0.4, -0.2) is 28.3 Å². The van der Waals surface area contributed by atoms with Gasteiger partial charge >= 0.3 is 0 Å². The van der Waals surface area contributed by atoms with E-state index in [9.17, 15) is 4.79 Å². The second-order valence-electron chi connectivity index (χ2n) is 4.95. The van der Waals surface area contributed by atoms with E-state index in [1.165, 1.54) is 0 Å². The molecule has 104 valence electrons. The zero-order valence-electron chi connectivity index (χ0n) is 11.2. The van der Waals surface area contributed by atoms with Crippen molar-refractivity contribution in [3.8, 4) is 5.69 Å². The predicted molar refractivity (Wildman–Crippen MR) is 76.4 cm³/mol. The summed E-state index contributed by atoms with van der Waals surface area (Å²) in [6.45, 7) is 1.40. The molecule has 1 atom stereocenters. The van der Waals surface area contributed by atoms with Gasteiger partial charge in [0.1, 0.15) is 0 Å². The van der Waals surface area contributed by atoms with E-state index in [1.54, 1.807) is 0 Å². The van der Waals surface area contributed by atoms with Gasteiger partial charge in [-0.2, -0.15) is 5.10 Å². The van der Waals surface area contributed by atoms with E-state index in [2.05, 4.69) is 15.7 Å². The number of piperidine rings is 1. The number of amides is 1. The lowest BCUT2D eigenvalue weighted by Gasteiger charge is -2.22. The highest BCUT2D eigenvalue weighted by atomic mass is 16.2. The van der Waals surface area contributed by atoms with Crippen LogP contribution in [0, 0.1) is 0 Å². The highest BCUT2D eigenvalue weighted by Crippen LogP contribution is 2.08. The van der Waals surface area contributed by atoms with Gasteiger partial charge in [-0.15, -0.1) is 0 Å². The van der Waals surface area contributed by atoms with Crippen molar-refractivity contribution in [3.05, 3.63) is 48.3 Å². The number of para-hydroxylation sites is 1. The molecule has 2 heterocycles. The Balaban J connectivity index is 1.61. The van der Waals surface area contributed by atoms with Crippen LogP contribution in [0.4, 0.5) is 0 Å². The Kier molecular flexibility index (Phi) is 3.78. The molecular weight excluding hydrogens is 252 g/mol. The SMILES string of the molecule is O=C1NCCCC1NCc1ccn(-c2ccccc2)n1. The number of aromatic nitrogens is 2. The van der Waals surface area contributed by atoms with Gasteiger partial charge in [0, 0.05) is 19.3 Å². The van der Waals surface area contributed by atoms with E-state index in [-0.39, 0.29) is 11.9 Å². The molecule has 5 nitrogen and oxygen atoms in total. The first kappa shape index (κ1) is 12.9. The van der Waals surface area contributed by atoms with Gasteiger partial charge in [-0.25, -0.2) is 4.68 Å². The van der Waals surface area contributed by atoms with Gasteiger partial charge in [0.15, 0.2) is 0 Å². The fourth-order valence-electron chi connectivity index (χ4n) is 2.38. The molecule has 2 N–H and O–H groups in total. The van der Waals surface area contributed by atoms with Crippen molar-refractivity contribution in [2.75, 3.05) is 6.54 Å². The molecule has 1 aliphatic heterocycles. The van der Waals surface area contributed by atoms with E-state index in [0.29, 0.717) is 6.54 Å². The van der Waals surface area contributed by atoms with Crippen LogP contribution < -0.4 is 10.6 Å². The maximum Gasteiger partial charge on any atom is 0.237 e. The Bertz CT molecular complexity index is 579. The van der Waals surface area contributed by atoms with Crippen LogP contribution in [0.1, 0.15) is 18.5 Å². The summed E-state index contributed by atoms with van der Waals surface area (Å²) < 4.78 is 1.85. The number of hydrogen-bond donors (Lipinski definition) is 2. The Morgan fingerprint density at radius 1 is 1.30 bits per heavy atom. The first-order valence-electron chi connectivity index (χ1n) is 6.94. The minimum Gasteiger partial charge on any atom is -0.355 e. The standard InChI is InChI=1S/C15H18N4O/c20-15-14(7-4-9-16-15)17-11-12-8-10-19(18-12)13-5-2-1-3-6-13/h1-3,5-6,8,10,14,17H,4,7,9,11H2,(H,16,20). The summed E-state index contributed by atoms with van der Waals surface area (Å²) >= 11 is 0. The first-order chi connectivity index (χ1) is 9.83. The molecule has 3 rings (SSSR count). The summed E-state index contributed by atoms with van der Waals surface area (Å²) in [5.41, 5.74) is 1.97. The number of benzene rings is 1. The maximum atomic E-state index is 11.6. The number of hydrogen-bond acceptors (Lipinski definition) is 3. The van der Waals surface area contributed by atoms with Gasteiger partial charge in [-0.3, -0.25) is 4.79 Å². The minimum absolute atomic E-state index is 0.0920. The number of nitrogens with one attached hydrogen (secondary N) is 2. The third-order valence-corrected chi connectivity index (χ3v) is 3.48. The molecule has 0 spiro atoms. The average Bonchev–Trinajstić information content (AvgIpc) is 2.96. The second-order valence-corrected chi connectivity index (χ2v) is 4.95. The van der Waals surface area contributed by atoms with Gasteiger partial charge in [-0.1, -0.05) is 18.2 Å². The molecule has 1 unspecified atom stereocenters. The van der Waals surface area contributed by atoms with E-state index < -0.39 is 0 Å². The van der Waals surface area contributed by atoms with Crippen molar-refractivity contribution in [2.45, 2.75) is 25.4 Å². The fourth-order valence-corrected chi connectivity index (χ4v) is 2.38. The monoisotopic (exact) mass is 270 g/mol. The molecule has 0 radical (unpaired) electrons. The summed E-state index contributed by atoms with van der Waals surface area (Å²) in [6, 6.07) is 11.9. The van der Waals surface area contributed by atoms with Crippen molar-refractivity contribution in [3.63, 3.8) is 0 Å². The van der Waals surface area contributed by atoms with Gasteiger partial charge in [0.05, 0.1) is 17.4 Å². The van der Waals surface area contributed by atoms with Crippen molar-refractivity contribution >= 4 is 5.91 Å². The van der Waals surface area contributed by atoms with Crippen molar-refractivity contribution < 1.29 is 4.79 Å². The zero-order chi connectivity index (χ0) is 13.8. The minimum atomic E-state index is -0.0920. The number of nitrogens with zero attached hydrogens (tertiary/aromatic N) is 2. The molecule has 1 fully saturated rings. The van der Waals surface area contributed by atoms with Crippen LogP contribution in [0.2, 0.25) is 0 Å². The highest BCUT2D eigenvalue weighted by molar-refractivity contribution is 5.82. The molecule has 2 aromatic rings. The van der Waals surface area contributed by atoms with Crippen LogP contribution in [-0.2, 0) is 11.3 Å². The number of carbonyl (C=O) groups is 1. The molecule has 1 amide bonds. The molecule has 1 aliphatic rings. The highest BCUT2D eigenvalue weighted by Gasteiger charge is 2.21. The molecule has 20 heavy (non-hydrogen) atoms. The number of carbonyl (C=O) groups excluding carboxylic acids is 1. The molecule has 1 aromatic heterocycles. The summed E-state index contributed by atoms with van der Waals surface area (Å²) in [5, 5.41) is 10.6. The van der Waals surface area contributed by atoms with Gasteiger partial charge in [-0.05, 0) is 31.0 Å². The van der Waals surface area contributed by atoms with E-state index in [1.807, 2.05) is 47.3 Å². The Hall–Kier alpha value is -2.14. The molecular formula is C15H18N4O. The third-order valence-electron chi connectivity index (χ3n) is 3.48. The average molecular weight is 270 g/mol. The molecule has 1 saturated heterocycles. The molecule has 5 heteroatoms. The number of rotatable bonds is 4. The van der Waals surface area contributed by atoms with Crippen LogP contribution in [0.15, 0.2) is 42.6 Å². The van der Waals surface area contributed by atoms with Crippen LogP contribution >= 0.6 is 0 Å². The molecule has 1 aromatic carbocycles. The summed E-state index contributed by atoms with van der Waals surface area (Å²) in [7, 11) is 0. The van der Waals surface area contributed by atoms with Crippen molar-refractivity contribution in [1.82, 2.24) is 20.4 Å². The Labute approximate surface area is 118 Å². The lowest BCUT2D eigenvalue weighted by Crippen LogP contribution is -2.47. The molecule has 0 bridgehead atoms. The maximum absolute atomic E-state index is 11.6.